The van der Waals surface area contributed by atoms with Gasteiger partial charge in [0.25, 0.3) is 0 Å². The van der Waals surface area contributed by atoms with Crippen LogP contribution < -0.4 is 10.5 Å². The highest BCUT2D eigenvalue weighted by molar-refractivity contribution is 5.69. The maximum atomic E-state index is 9.88. The molecule has 1 aliphatic rings. The summed E-state index contributed by atoms with van der Waals surface area (Å²) in [7, 11) is 0. The molecule has 1 aromatic carbocycles. The van der Waals surface area contributed by atoms with E-state index in [4.69, 9.17) is 20.0 Å². The van der Waals surface area contributed by atoms with Crippen LogP contribution in [0.4, 0.5) is 0 Å². The molecule has 8 nitrogen and oxygen atoms in total. The fourth-order valence-corrected chi connectivity index (χ4v) is 3.71. The smallest absolute Gasteiger partial charge is 0.229 e. The molecule has 0 saturated heterocycles. The second kappa shape index (κ2) is 6.97. The Bertz CT molecular complexity index is 1280. The lowest BCUT2D eigenvalue weighted by molar-refractivity contribution is 0.367. The van der Waals surface area contributed by atoms with Crippen molar-refractivity contribution in [1.29, 1.82) is 5.26 Å². The molecule has 148 valence electrons. The molecule has 2 N–H and O–H groups in total. The molecule has 0 aliphatic carbocycles. The van der Waals surface area contributed by atoms with Crippen LogP contribution in [0.3, 0.4) is 0 Å². The zero-order valence-electron chi connectivity index (χ0n) is 16.2. The molecule has 0 bridgehead atoms. The summed E-state index contributed by atoms with van der Waals surface area (Å²) in [5, 5.41) is 19.1. The van der Waals surface area contributed by atoms with Gasteiger partial charge in [0.05, 0.1) is 29.6 Å². The first kappa shape index (κ1) is 17.8. The fourth-order valence-electron chi connectivity index (χ4n) is 3.71. The van der Waals surface area contributed by atoms with E-state index in [9.17, 15) is 5.26 Å². The minimum atomic E-state index is -0.475. The predicted octanol–water partition coefficient (Wildman–Crippen LogP) is 3.57. The van der Waals surface area contributed by atoms with E-state index in [0.717, 1.165) is 16.8 Å². The zero-order valence-corrected chi connectivity index (χ0v) is 16.2. The van der Waals surface area contributed by atoms with Gasteiger partial charge in [0, 0.05) is 18.3 Å². The number of fused-ring (bicyclic) bond motifs is 1. The van der Waals surface area contributed by atoms with E-state index >= 15 is 0 Å². The number of ether oxygens (including phenoxy) is 1. The van der Waals surface area contributed by atoms with Gasteiger partial charge in [-0.15, -0.1) is 0 Å². The van der Waals surface area contributed by atoms with Gasteiger partial charge in [0.15, 0.2) is 5.76 Å². The van der Waals surface area contributed by atoms with E-state index in [1.807, 2.05) is 54.2 Å². The Hall–Kier alpha value is -4.25. The standard InChI is InChI=1S/C22H18N6O2/c1-2-27-13-14(12-25-27)18-16(11-23)21(24)30-22-19(18)20(17-9-6-10-29-17)26-28(22)15-7-4-3-5-8-15/h3-10,12-13,18H,2,24H2,1H3. The number of furan rings is 1. The van der Waals surface area contributed by atoms with Crippen LogP contribution in [0.15, 0.2) is 77.0 Å². The Morgan fingerprint density at radius 2 is 2.03 bits per heavy atom. The van der Waals surface area contributed by atoms with E-state index in [1.165, 1.54) is 0 Å². The highest BCUT2D eigenvalue weighted by Crippen LogP contribution is 2.47. The molecule has 8 heteroatoms. The van der Waals surface area contributed by atoms with Crippen LogP contribution in [0.5, 0.6) is 5.88 Å². The number of rotatable bonds is 4. The van der Waals surface area contributed by atoms with Crippen LogP contribution in [0, 0.1) is 11.3 Å². The average molecular weight is 398 g/mol. The first-order valence-corrected chi connectivity index (χ1v) is 9.53. The van der Waals surface area contributed by atoms with Crippen molar-refractivity contribution in [3.63, 3.8) is 0 Å². The second-order valence-corrected chi connectivity index (χ2v) is 6.85. The van der Waals surface area contributed by atoms with Gasteiger partial charge in [-0.05, 0) is 31.2 Å². The molecule has 4 heterocycles. The third-order valence-corrected chi connectivity index (χ3v) is 5.11. The Balaban J connectivity index is 1.81. The Labute approximate surface area is 172 Å². The maximum absolute atomic E-state index is 9.88. The number of nitriles is 1. The molecular weight excluding hydrogens is 380 g/mol. The Kier molecular flexibility index (Phi) is 4.14. The van der Waals surface area contributed by atoms with Gasteiger partial charge in [0.1, 0.15) is 17.3 Å². The number of benzene rings is 1. The van der Waals surface area contributed by atoms with Gasteiger partial charge in [-0.1, -0.05) is 18.2 Å². The molecule has 0 radical (unpaired) electrons. The minimum Gasteiger partial charge on any atom is -0.463 e. The summed E-state index contributed by atoms with van der Waals surface area (Å²) >= 11 is 0. The molecule has 5 rings (SSSR count). The second-order valence-electron chi connectivity index (χ2n) is 6.85. The maximum Gasteiger partial charge on any atom is 0.229 e. The fraction of sp³-hybridized carbons (Fsp3) is 0.136. The van der Waals surface area contributed by atoms with E-state index < -0.39 is 5.92 Å². The van der Waals surface area contributed by atoms with Crippen LogP contribution in [-0.4, -0.2) is 19.6 Å². The average Bonchev–Trinajstić information content (AvgIpc) is 3.52. The minimum absolute atomic E-state index is 0.0577. The first-order valence-electron chi connectivity index (χ1n) is 9.53. The van der Waals surface area contributed by atoms with Crippen LogP contribution in [0.2, 0.25) is 0 Å². The number of hydrogen-bond donors (Lipinski definition) is 1. The van der Waals surface area contributed by atoms with Crippen molar-refractivity contribution in [2.24, 2.45) is 5.73 Å². The van der Waals surface area contributed by atoms with Crippen molar-refractivity contribution < 1.29 is 9.15 Å². The highest BCUT2D eigenvalue weighted by Gasteiger charge is 2.38. The SMILES string of the molecule is CCn1cc(C2C(C#N)=C(N)Oc3c2c(-c2ccco2)nn3-c2ccccc2)cn1. The highest BCUT2D eigenvalue weighted by atomic mass is 16.5. The third-order valence-electron chi connectivity index (χ3n) is 5.11. The molecular formula is C22H18N6O2. The van der Waals surface area contributed by atoms with Gasteiger partial charge in [-0.3, -0.25) is 4.68 Å². The van der Waals surface area contributed by atoms with Crippen molar-refractivity contribution in [3.05, 3.63) is 83.7 Å². The van der Waals surface area contributed by atoms with Gasteiger partial charge >= 0.3 is 0 Å². The summed E-state index contributed by atoms with van der Waals surface area (Å²) < 4.78 is 15.1. The quantitative estimate of drug-likeness (QED) is 0.563. The monoisotopic (exact) mass is 398 g/mol. The topological polar surface area (TPSA) is 108 Å². The van der Waals surface area contributed by atoms with Crippen molar-refractivity contribution in [3.8, 4) is 29.1 Å². The molecule has 1 atom stereocenters. The molecule has 1 unspecified atom stereocenters. The molecule has 3 aromatic heterocycles. The summed E-state index contributed by atoms with van der Waals surface area (Å²) in [6.45, 7) is 2.72. The number of hydrogen-bond acceptors (Lipinski definition) is 6. The number of aryl methyl sites for hydroxylation is 1. The molecule has 0 spiro atoms. The van der Waals surface area contributed by atoms with Crippen LogP contribution in [0.25, 0.3) is 17.1 Å². The predicted molar refractivity (Wildman–Crippen MR) is 108 cm³/mol. The zero-order chi connectivity index (χ0) is 20.7. The Morgan fingerprint density at radius 3 is 2.70 bits per heavy atom. The molecule has 4 aromatic rings. The van der Waals surface area contributed by atoms with E-state index in [1.54, 1.807) is 23.2 Å². The van der Waals surface area contributed by atoms with Crippen LogP contribution in [0.1, 0.15) is 24.0 Å². The summed E-state index contributed by atoms with van der Waals surface area (Å²) in [5.41, 5.74) is 9.46. The molecule has 30 heavy (non-hydrogen) atoms. The Morgan fingerprint density at radius 1 is 1.20 bits per heavy atom. The van der Waals surface area contributed by atoms with Gasteiger partial charge in [0.2, 0.25) is 11.8 Å². The lowest BCUT2D eigenvalue weighted by Gasteiger charge is -2.23. The molecule has 0 saturated carbocycles. The van der Waals surface area contributed by atoms with Crippen molar-refractivity contribution >= 4 is 0 Å². The molecule has 0 amide bonds. The largest absolute Gasteiger partial charge is 0.463 e. The molecule has 0 fully saturated rings. The summed E-state index contributed by atoms with van der Waals surface area (Å²) in [4.78, 5) is 0. The van der Waals surface area contributed by atoms with Gasteiger partial charge in [-0.25, -0.2) is 0 Å². The number of allylic oxidation sites excluding steroid dienone is 1. The van der Waals surface area contributed by atoms with Crippen molar-refractivity contribution in [2.45, 2.75) is 19.4 Å². The van der Waals surface area contributed by atoms with Crippen LogP contribution in [-0.2, 0) is 6.54 Å². The van der Waals surface area contributed by atoms with E-state index in [-0.39, 0.29) is 5.88 Å². The number of para-hydroxylation sites is 1. The third kappa shape index (κ3) is 2.68. The lowest BCUT2D eigenvalue weighted by atomic mass is 9.85. The van der Waals surface area contributed by atoms with Gasteiger partial charge in [-0.2, -0.15) is 20.1 Å². The van der Waals surface area contributed by atoms with Crippen molar-refractivity contribution in [2.75, 3.05) is 0 Å². The summed E-state index contributed by atoms with van der Waals surface area (Å²) in [6.07, 6.45) is 5.25. The van der Waals surface area contributed by atoms with E-state index in [2.05, 4.69) is 11.2 Å². The number of nitrogens with zero attached hydrogens (tertiary/aromatic N) is 5. The number of aromatic nitrogens is 4. The number of nitrogens with two attached hydrogens (primary N) is 1. The normalized spacial score (nSPS) is 15.5. The first-order chi connectivity index (χ1) is 14.7. The van der Waals surface area contributed by atoms with Gasteiger partial charge < -0.3 is 14.9 Å². The van der Waals surface area contributed by atoms with Crippen LogP contribution >= 0.6 is 0 Å². The molecule has 1 aliphatic heterocycles. The lowest BCUT2D eigenvalue weighted by Crippen LogP contribution is -2.21. The van der Waals surface area contributed by atoms with Crippen molar-refractivity contribution in [1.82, 2.24) is 19.6 Å². The summed E-state index contributed by atoms with van der Waals surface area (Å²) in [6, 6.07) is 15.5. The summed E-state index contributed by atoms with van der Waals surface area (Å²) in [5.74, 6) is 0.618. The van der Waals surface area contributed by atoms with E-state index in [0.29, 0.717) is 29.5 Å².